The minimum Gasteiger partial charge on any atom is -0.338 e. The average molecular weight is 617 g/mol. The van der Waals surface area contributed by atoms with Crippen molar-refractivity contribution in [1.82, 2.24) is 14.8 Å². The summed E-state index contributed by atoms with van der Waals surface area (Å²) in [7, 11) is 0. The molecule has 1 spiro atoms. The van der Waals surface area contributed by atoms with Gasteiger partial charge in [-0.1, -0.05) is 23.7 Å². The van der Waals surface area contributed by atoms with Gasteiger partial charge in [0, 0.05) is 24.0 Å². The predicted molar refractivity (Wildman–Crippen MR) is 141 cm³/mol. The van der Waals surface area contributed by atoms with Crippen LogP contribution in [0, 0.1) is 6.92 Å². The number of carbonyl (C=O) groups excluding carboxylic acids is 2. The van der Waals surface area contributed by atoms with Crippen LogP contribution in [0.25, 0.3) is 0 Å². The quantitative estimate of drug-likeness (QED) is 0.309. The van der Waals surface area contributed by atoms with E-state index in [2.05, 4.69) is 4.98 Å². The Morgan fingerprint density at radius 3 is 2.17 bits per heavy atom. The number of benzene rings is 2. The molecule has 0 atom stereocenters. The molecule has 14 heteroatoms. The molecule has 0 unspecified atom stereocenters. The predicted octanol–water partition coefficient (Wildman–Crippen LogP) is 6.62. The molecule has 0 N–H and O–H groups in total. The zero-order valence-corrected chi connectivity index (χ0v) is 23.1. The smallest absolute Gasteiger partial charge is 0.338 e. The number of nitrogens with zero attached hydrogens (tertiary/aromatic N) is 4. The van der Waals surface area contributed by atoms with Crippen LogP contribution in [0.4, 0.5) is 32.0 Å². The number of alkyl halides is 6. The first-order chi connectivity index (χ1) is 19.2. The highest BCUT2D eigenvalue weighted by atomic mass is 35.5. The minimum atomic E-state index is -5.08. The van der Waals surface area contributed by atoms with Crippen LogP contribution in [0.3, 0.4) is 0 Å². The third-order valence-corrected chi connectivity index (χ3v) is 8.53. The number of amides is 2. The van der Waals surface area contributed by atoms with Gasteiger partial charge in [0.15, 0.2) is 0 Å². The Kier molecular flexibility index (Phi) is 7.48. The van der Waals surface area contributed by atoms with Crippen molar-refractivity contribution in [2.75, 3.05) is 24.7 Å². The maximum absolute atomic E-state index is 13.9. The Labute approximate surface area is 240 Å². The Morgan fingerprint density at radius 2 is 1.63 bits per heavy atom. The number of aromatic nitrogens is 1. The molecule has 6 nitrogen and oxygen atoms in total. The van der Waals surface area contributed by atoms with Gasteiger partial charge in [0.1, 0.15) is 5.54 Å². The largest absolute Gasteiger partial charge is 0.416 e. The lowest BCUT2D eigenvalue weighted by atomic mass is 9.85. The van der Waals surface area contributed by atoms with Crippen LogP contribution in [0.1, 0.15) is 45.0 Å². The highest BCUT2D eigenvalue weighted by Gasteiger charge is 2.54. The molecule has 0 bridgehead atoms. The van der Waals surface area contributed by atoms with Crippen LogP contribution in [0.15, 0.2) is 47.8 Å². The van der Waals surface area contributed by atoms with Gasteiger partial charge in [-0.25, -0.2) is 4.98 Å². The van der Waals surface area contributed by atoms with Crippen LogP contribution in [0.2, 0.25) is 5.02 Å². The molecular weight excluding hydrogens is 594 g/mol. The van der Waals surface area contributed by atoms with Crippen molar-refractivity contribution < 1.29 is 35.9 Å². The topological polar surface area (TPSA) is 56.8 Å². The lowest BCUT2D eigenvalue weighted by Crippen LogP contribution is -2.57. The highest BCUT2D eigenvalue weighted by Crippen LogP contribution is 2.43. The minimum absolute atomic E-state index is 0.0148. The first kappa shape index (κ1) is 29.2. The molecule has 5 rings (SSSR count). The van der Waals surface area contributed by atoms with Gasteiger partial charge in [-0.15, -0.1) is 11.3 Å². The zero-order chi connectivity index (χ0) is 29.7. The Hall–Kier alpha value is -3.32. The summed E-state index contributed by atoms with van der Waals surface area (Å²) >= 11 is 7.95. The molecule has 0 saturated carbocycles. The van der Waals surface area contributed by atoms with E-state index in [0.29, 0.717) is 22.8 Å². The number of thiazole rings is 1. The van der Waals surface area contributed by atoms with Crippen LogP contribution in [-0.2, 0) is 23.7 Å². The molecule has 2 aliphatic rings. The summed E-state index contributed by atoms with van der Waals surface area (Å²) in [5, 5.41) is 3.12. The number of likely N-dealkylation sites (tertiary alicyclic amines) is 1. The number of para-hydroxylation sites is 1. The number of rotatable bonds is 4. The Morgan fingerprint density at radius 1 is 1.02 bits per heavy atom. The van der Waals surface area contributed by atoms with Gasteiger partial charge in [-0.2, -0.15) is 26.3 Å². The fraction of sp³-hybridized carbons (Fsp3) is 0.370. The molecule has 218 valence electrons. The summed E-state index contributed by atoms with van der Waals surface area (Å²) in [6.07, 6.45) is -9.96. The van der Waals surface area contributed by atoms with Crippen molar-refractivity contribution in [2.24, 2.45) is 0 Å². The van der Waals surface area contributed by atoms with E-state index in [0.717, 1.165) is 10.7 Å². The van der Waals surface area contributed by atoms with E-state index in [1.807, 2.05) is 17.2 Å². The first-order valence-corrected chi connectivity index (χ1v) is 13.8. The van der Waals surface area contributed by atoms with Crippen molar-refractivity contribution in [3.8, 4) is 0 Å². The fourth-order valence-electron chi connectivity index (χ4n) is 5.38. The number of hydrogen-bond acceptors (Lipinski definition) is 5. The lowest BCUT2D eigenvalue weighted by molar-refractivity contribution is -0.143. The van der Waals surface area contributed by atoms with E-state index in [1.54, 1.807) is 29.2 Å². The summed E-state index contributed by atoms with van der Waals surface area (Å²) in [4.78, 5) is 36.2. The molecule has 3 heterocycles. The number of aryl methyl sites for hydroxylation is 1. The van der Waals surface area contributed by atoms with E-state index < -0.39 is 40.5 Å². The van der Waals surface area contributed by atoms with Gasteiger partial charge < -0.3 is 14.7 Å². The zero-order valence-electron chi connectivity index (χ0n) is 21.5. The maximum Gasteiger partial charge on any atom is 0.416 e. The molecule has 2 amide bonds. The SMILES string of the molecule is Cc1nc(CN2CN(c3ccccc3Cl)C3(CCN(C(=O)c4cc(C(F)(F)F)cc(C(F)(F)F)c4)CC3)C2=O)cs1. The molecule has 2 saturated heterocycles. The molecule has 2 fully saturated rings. The van der Waals surface area contributed by atoms with E-state index >= 15 is 0 Å². The summed E-state index contributed by atoms with van der Waals surface area (Å²) in [6.45, 7) is 2.17. The standard InChI is InChI=1S/C27H23ClF6N4O2S/c1-16-35-20(14-41-16)13-37-15-38(22-5-3-2-4-21(22)28)25(24(37)40)6-8-36(9-7-25)23(39)17-10-18(26(29,30)31)12-19(11-17)27(32,33)34/h2-5,10-12,14H,6-9,13,15H2,1H3. The highest BCUT2D eigenvalue weighted by molar-refractivity contribution is 7.09. The fourth-order valence-corrected chi connectivity index (χ4v) is 6.22. The van der Waals surface area contributed by atoms with Gasteiger partial charge in [0.25, 0.3) is 5.91 Å². The third kappa shape index (κ3) is 5.61. The average Bonchev–Trinajstić information content (AvgIpc) is 3.44. The van der Waals surface area contributed by atoms with Crippen LogP contribution in [-0.4, -0.2) is 51.9 Å². The van der Waals surface area contributed by atoms with Gasteiger partial charge in [-0.05, 0) is 50.1 Å². The van der Waals surface area contributed by atoms with Gasteiger partial charge in [0.05, 0.1) is 45.8 Å². The van der Waals surface area contributed by atoms with Crippen molar-refractivity contribution in [2.45, 2.75) is 44.2 Å². The van der Waals surface area contributed by atoms with E-state index in [-0.39, 0.29) is 51.1 Å². The number of anilines is 1. The first-order valence-electron chi connectivity index (χ1n) is 12.5. The lowest BCUT2D eigenvalue weighted by Gasteiger charge is -2.43. The van der Waals surface area contributed by atoms with Gasteiger partial charge in [0.2, 0.25) is 5.91 Å². The van der Waals surface area contributed by atoms with Gasteiger partial charge >= 0.3 is 12.4 Å². The molecule has 0 radical (unpaired) electrons. The van der Waals surface area contributed by atoms with Crippen molar-refractivity contribution in [3.63, 3.8) is 0 Å². The summed E-state index contributed by atoms with van der Waals surface area (Å²) < 4.78 is 80.2. The number of hydrogen-bond donors (Lipinski definition) is 0. The third-order valence-electron chi connectivity index (χ3n) is 7.39. The Bertz CT molecular complexity index is 1450. The second-order valence-corrected chi connectivity index (χ2v) is 11.5. The van der Waals surface area contributed by atoms with Crippen LogP contribution in [0.5, 0.6) is 0 Å². The second kappa shape index (κ2) is 10.5. The number of carbonyl (C=O) groups is 2. The summed E-state index contributed by atoms with van der Waals surface area (Å²) in [5.41, 5.74) is -3.63. The van der Waals surface area contributed by atoms with Crippen LogP contribution >= 0.6 is 22.9 Å². The molecule has 2 aliphatic heterocycles. The summed E-state index contributed by atoms with van der Waals surface area (Å²) in [5.74, 6) is -1.19. The summed E-state index contributed by atoms with van der Waals surface area (Å²) in [6, 6.07) is 7.82. The molecule has 0 aliphatic carbocycles. The molecule has 1 aromatic heterocycles. The molecular formula is C27H23ClF6N4O2S. The number of halogens is 7. The molecule has 41 heavy (non-hydrogen) atoms. The monoisotopic (exact) mass is 616 g/mol. The van der Waals surface area contributed by atoms with Crippen LogP contribution < -0.4 is 4.90 Å². The second-order valence-electron chi connectivity index (χ2n) is 10.0. The van der Waals surface area contributed by atoms with E-state index in [9.17, 15) is 35.9 Å². The van der Waals surface area contributed by atoms with Crippen molar-refractivity contribution in [3.05, 3.63) is 80.3 Å². The normalized spacial score (nSPS) is 17.6. The number of piperidine rings is 1. The molecule has 2 aromatic carbocycles. The van der Waals surface area contributed by atoms with E-state index in [4.69, 9.17) is 11.6 Å². The maximum atomic E-state index is 13.9. The molecule has 3 aromatic rings. The van der Waals surface area contributed by atoms with E-state index in [1.165, 1.54) is 16.2 Å². The van der Waals surface area contributed by atoms with Crippen molar-refractivity contribution in [1.29, 1.82) is 0 Å². The van der Waals surface area contributed by atoms with Crippen molar-refractivity contribution >= 4 is 40.4 Å². The Balaban J connectivity index is 1.43. The van der Waals surface area contributed by atoms with Gasteiger partial charge in [-0.3, -0.25) is 9.59 Å².